The Bertz CT molecular complexity index is 310. The van der Waals surface area contributed by atoms with E-state index >= 15 is 0 Å². The summed E-state index contributed by atoms with van der Waals surface area (Å²) >= 11 is 0. The fraction of sp³-hybridized carbons (Fsp3) is 0.462. The lowest BCUT2D eigenvalue weighted by molar-refractivity contribution is -0.109. The highest BCUT2D eigenvalue weighted by molar-refractivity contribution is 5.55. The molecule has 1 rings (SSSR count). The molecule has 0 aliphatic heterocycles. The van der Waals surface area contributed by atoms with E-state index < -0.39 is 0 Å². The predicted molar refractivity (Wildman–Crippen MR) is 63.3 cm³/mol. The second-order valence-corrected chi connectivity index (χ2v) is 3.59. The minimum atomic E-state index is 0.772. The average Bonchev–Trinajstić information content (AvgIpc) is 2.27. The van der Waals surface area contributed by atoms with Crippen molar-refractivity contribution < 1.29 is 4.79 Å². The second kappa shape index (κ2) is 6.23. The van der Waals surface area contributed by atoms with Crippen LogP contribution in [0.25, 0.3) is 0 Å². The van der Waals surface area contributed by atoms with Crippen LogP contribution in [0, 0.1) is 0 Å². The van der Waals surface area contributed by atoms with Gasteiger partial charge in [-0.15, -0.1) is 0 Å². The first-order valence-corrected chi connectivity index (χ1v) is 5.62. The van der Waals surface area contributed by atoms with Gasteiger partial charge >= 0.3 is 0 Å². The number of nitrogens with one attached hydrogen (secondary N) is 1. The number of carbonyl (C=O) groups excluding carboxylic acids is 1. The molecule has 0 unspecified atom stereocenters. The third-order valence-electron chi connectivity index (χ3n) is 2.59. The van der Waals surface area contributed by atoms with Crippen LogP contribution >= 0.6 is 0 Å². The lowest BCUT2D eigenvalue weighted by Gasteiger charge is -2.18. The van der Waals surface area contributed by atoms with Crippen molar-refractivity contribution in [3.8, 4) is 0 Å². The molecule has 15 heavy (non-hydrogen) atoms. The minimum Gasteiger partial charge on any atom is -0.332 e. The van der Waals surface area contributed by atoms with Crippen molar-refractivity contribution in [3.05, 3.63) is 35.1 Å². The first-order chi connectivity index (χ1) is 7.33. The average molecular weight is 205 g/mol. The van der Waals surface area contributed by atoms with Gasteiger partial charge in [0.1, 0.15) is 0 Å². The van der Waals surface area contributed by atoms with Gasteiger partial charge in [-0.3, -0.25) is 4.79 Å². The topological polar surface area (TPSA) is 29.1 Å². The molecule has 0 saturated carbocycles. The van der Waals surface area contributed by atoms with Crippen molar-refractivity contribution in [2.75, 3.05) is 0 Å². The molecule has 0 saturated heterocycles. The van der Waals surface area contributed by atoms with Crippen molar-refractivity contribution in [1.29, 1.82) is 0 Å². The van der Waals surface area contributed by atoms with Gasteiger partial charge in [0, 0.05) is 5.70 Å². The number of amides is 1. The van der Waals surface area contributed by atoms with Crippen LogP contribution in [0.3, 0.4) is 0 Å². The zero-order chi connectivity index (χ0) is 11.1. The molecular weight excluding hydrogens is 186 g/mol. The largest absolute Gasteiger partial charge is 0.332 e. The maximum Gasteiger partial charge on any atom is 0.211 e. The quantitative estimate of drug-likeness (QED) is 0.687. The van der Waals surface area contributed by atoms with Crippen molar-refractivity contribution in [1.82, 2.24) is 5.32 Å². The number of hydrogen-bond acceptors (Lipinski definition) is 1. The molecule has 2 heteroatoms. The van der Waals surface area contributed by atoms with Crippen molar-refractivity contribution in [2.24, 2.45) is 0 Å². The van der Waals surface area contributed by atoms with Gasteiger partial charge < -0.3 is 5.32 Å². The summed E-state index contributed by atoms with van der Waals surface area (Å²) in [6.45, 7) is 4.26. The van der Waals surface area contributed by atoms with Crippen LogP contribution in [0.5, 0.6) is 0 Å². The molecule has 1 N–H and O–H groups in total. The molecule has 0 aromatic rings. The maximum atomic E-state index is 10.5. The van der Waals surface area contributed by atoms with Crippen LogP contribution in [0.4, 0.5) is 0 Å². The van der Waals surface area contributed by atoms with E-state index in [1.807, 2.05) is 0 Å². The number of rotatable bonds is 5. The van der Waals surface area contributed by atoms with Crippen LogP contribution in [0.1, 0.15) is 39.5 Å². The summed E-state index contributed by atoms with van der Waals surface area (Å²) in [6.07, 6.45) is 11.3. The Kier molecular flexibility index (Phi) is 4.88. The van der Waals surface area contributed by atoms with Gasteiger partial charge in [-0.1, -0.05) is 32.1 Å². The van der Waals surface area contributed by atoms with Crippen LogP contribution in [0.15, 0.2) is 35.1 Å². The fourth-order valence-electron chi connectivity index (χ4n) is 1.83. The number of allylic oxidation sites excluding steroid dienone is 6. The Morgan fingerprint density at radius 3 is 2.87 bits per heavy atom. The van der Waals surface area contributed by atoms with Gasteiger partial charge in [0.05, 0.1) is 0 Å². The highest BCUT2D eigenvalue weighted by atomic mass is 16.1. The third kappa shape index (κ3) is 3.08. The number of carbonyl (C=O) groups is 1. The van der Waals surface area contributed by atoms with Crippen LogP contribution in [-0.2, 0) is 4.79 Å². The molecule has 0 aromatic carbocycles. The minimum absolute atomic E-state index is 0.772. The normalized spacial score (nSPS) is 16.8. The summed E-state index contributed by atoms with van der Waals surface area (Å²) in [5.41, 5.74) is 3.61. The van der Waals surface area contributed by atoms with E-state index in [1.165, 1.54) is 11.1 Å². The monoisotopic (exact) mass is 205 g/mol. The van der Waals surface area contributed by atoms with E-state index in [1.54, 1.807) is 0 Å². The fourth-order valence-corrected chi connectivity index (χ4v) is 1.83. The lowest BCUT2D eigenvalue weighted by atomic mass is 9.92. The summed E-state index contributed by atoms with van der Waals surface area (Å²) in [7, 11) is 0. The van der Waals surface area contributed by atoms with Gasteiger partial charge in [0.25, 0.3) is 0 Å². The van der Waals surface area contributed by atoms with Crippen molar-refractivity contribution >= 4 is 6.41 Å². The molecule has 1 amide bonds. The van der Waals surface area contributed by atoms with Gasteiger partial charge in [-0.25, -0.2) is 0 Å². The molecular formula is C13H19NO. The smallest absolute Gasteiger partial charge is 0.211 e. The summed E-state index contributed by atoms with van der Waals surface area (Å²) in [5, 5.41) is 2.81. The predicted octanol–water partition coefficient (Wildman–Crippen LogP) is 3.08. The van der Waals surface area contributed by atoms with E-state index in [4.69, 9.17) is 0 Å². The van der Waals surface area contributed by atoms with Gasteiger partial charge in [0.15, 0.2) is 0 Å². The molecule has 82 valence electrons. The van der Waals surface area contributed by atoms with Crippen LogP contribution in [-0.4, -0.2) is 6.41 Å². The van der Waals surface area contributed by atoms with E-state index in [0.29, 0.717) is 0 Å². The molecule has 0 atom stereocenters. The van der Waals surface area contributed by atoms with E-state index in [-0.39, 0.29) is 0 Å². The lowest BCUT2D eigenvalue weighted by Crippen LogP contribution is -2.15. The third-order valence-corrected chi connectivity index (χ3v) is 2.59. The highest BCUT2D eigenvalue weighted by Gasteiger charge is 2.11. The van der Waals surface area contributed by atoms with Gasteiger partial charge in [-0.05, 0) is 36.8 Å². The van der Waals surface area contributed by atoms with Crippen molar-refractivity contribution in [2.45, 2.75) is 39.5 Å². The molecule has 0 aromatic heterocycles. The number of hydrogen-bond donors (Lipinski definition) is 1. The summed E-state index contributed by atoms with van der Waals surface area (Å²) in [4.78, 5) is 10.5. The summed E-state index contributed by atoms with van der Waals surface area (Å²) < 4.78 is 0. The maximum absolute atomic E-state index is 10.5. The first-order valence-electron chi connectivity index (χ1n) is 5.62. The van der Waals surface area contributed by atoms with Crippen LogP contribution in [0.2, 0.25) is 0 Å². The molecule has 0 fully saturated rings. The van der Waals surface area contributed by atoms with E-state index in [2.05, 4.69) is 37.4 Å². The summed E-state index contributed by atoms with van der Waals surface area (Å²) in [6, 6.07) is 0. The van der Waals surface area contributed by atoms with Crippen molar-refractivity contribution in [3.63, 3.8) is 0 Å². The molecule has 0 heterocycles. The molecule has 1 aliphatic carbocycles. The molecule has 0 radical (unpaired) electrons. The standard InChI is InChI=1S/C13H19NO/c1-3-5-8-12-11(4-2)7-6-9-13(12)14-10-15/h5,7-8,10H,3-4,6,9H2,1-2H3,(H,14,15)/b8-5-. The second-order valence-electron chi connectivity index (χ2n) is 3.59. The zero-order valence-electron chi connectivity index (χ0n) is 9.55. The van der Waals surface area contributed by atoms with Crippen LogP contribution < -0.4 is 5.32 Å². The molecule has 0 spiro atoms. The van der Waals surface area contributed by atoms with E-state index in [0.717, 1.165) is 37.8 Å². The Labute approximate surface area is 91.8 Å². The van der Waals surface area contributed by atoms with Gasteiger partial charge in [-0.2, -0.15) is 0 Å². The SMILES string of the molecule is CC/C=C\C1=C(NC=O)CCC=C1CC. The zero-order valence-corrected chi connectivity index (χ0v) is 9.55. The Balaban J connectivity index is 2.97. The molecule has 2 nitrogen and oxygen atoms in total. The Morgan fingerprint density at radius 2 is 2.27 bits per heavy atom. The summed E-state index contributed by atoms with van der Waals surface area (Å²) in [5.74, 6) is 0. The molecule has 0 bridgehead atoms. The Morgan fingerprint density at radius 1 is 1.47 bits per heavy atom. The molecule has 1 aliphatic rings. The highest BCUT2D eigenvalue weighted by Crippen LogP contribution is 2.26. The first kappa shape index (κ1) is 11.8. The Hall–Kier alpha value is -1.31. The van der Waals surface area contributed by atoms with Gasteiger partial charge in [0.2, 0.25) is 6.41 Å². The van der Waals surface area contributed by atoms with E-state index in [9.17, 15) is 4.79 Å².